The van der Waals surface area contributed by atoms with Gasteiger partial charge in [0.25, 0.3) is 0 Å². The summed E-state index contributed by atoms with van der Waals surface area (Å²) >= 11 is 8.54. The molecule has 0 amide bonds. The maximum atomic E-state index is 5.72. The Bertz CT molecular complexity index is 670. The third-order valence-electron chi connectivity index (χ3n) is 2.91. The van der Waals surface area contributed by atoms with Gasteiger partial charge in [0, 0.05) is 23.2 Å². The second-order valence-corrected chi connectivity index (χ2v) is 6.23. The summed E-state index contributed by atoms with van der Waals surface area (Å²) in [4.78, 5) is 0. The zero-order valence-electron chi connectivity index (χ0n) is 12.9. The Morgan fingerprint density at radius 3 is 2.78 bits per heavy atom. The molecule has 2 rings (SSSR count). The highest BCUT2D eigenvalue weighted by molar-refractivity contribution is 9.10. The number of methoxy groups -OCH3 is 1. The van der Waals surface area contributed by atoms with Gasteiger partial charge < -0.3 is 14.5 Å². The van der Waals surface area contributed by atoms with E-state index in [1.54, 1.807) is 13.3 Å². The van der Waals surface area contributed by atoms with E-state index in [-0.39, 0.29) is 6.04 Å². The Morgan fingerprint density at radius 1 is 1.35 bits per heavy atom. The molecule has 0 bridgehead atoms. The summed E-state index contributed by atoms with van der Waals surface area (Å²) in [5, 5.41) is 7.54. The molecular weight excluding hydrogens is 378 g/mol. The van der Waals surface area contributed by atoms with Gasteiger partial charge in [0.15, 0.2) is 5.11 Å². The molecule has 2 N–H and O–H groups in total. The number of nitrogens with one attached hydrogen (secondary N) is 2. The average molecular weight is 396 g/mol. The molecule has 1 heterocycles. The van der Waals surface area contributed by atoms with Gasteiger partial charge in [0.05, 0.1) is 12.8 Å². The number of benzene rings is 1. The summed E-state index contributed by atoms with van der Waals surface area (Å²) < 4.78 is 11.8. The van der Waals surface area contributed by atoms with E-state index in [9.17, 15) is 0 Å². The van der Waals surface area contributed by atoms with Crippen LogP contribution in [-0.4, -0.2) is 31.1 Å². The number of thiocarbonyl (C=S) groups is 1. The van der Waals surface area contributed by atoms with Crippen molar-refractivity contribution in [1.82, 2.24) is 10.7 Å². The normalized spacial score (nSPS) is 12.3. The molecule has 0 aliphatic carbocycles. The lowest BCUT2D eigenvalue weighted by Crippen LogP contribution is -2.40. The highest BCUT2D eigenvalue weighted by atomic mass is 79.9. The van der Waals surface area contributed by atoms with E-state index < -0.39 is 0 Å². The van der Waals surface area contributed by atoms with Crippen LogP contribution in [-0.2, 0) is 4.74 Å². The molecule has 122 valence electrons. The lowest BCUT2D eigenvalue weighted by molar-refractivity contribution is 0.179. The van der Waals surface area contributed by atoms with Gasteiger partial charge in [0.1, 0.15) is 11.5 Å². The van der Waals surface area contributed by atoms with Gasteiger partial charge >= 0.3 is 0 Å². The second-order valence-electron chi connectivity index (χ2n) is 4.91. The molecule has 0 spiro atoms. The van der Waals surface area contributed by atoms with Crippen LogP contribution in [0.15, 0.2) is 50.4 Å². The lowest BCUT2D eigenvalue weighted by atomic mass is 10.2. The predicted molar refractivity (Wildman–Crippen MR) is 99.6 cm³/mol. The van der Waals surface area contributed by atoms with Crippen LogP contribution in [0.25, 0.3) is 11.3 Å². The monoisotopic (exact) mass is 395 g/mol. The minimum absolute atomic E-state index is 0.114. The Labute approximate surface area is 149 Å². The van der Waals surface area contributed by atoms with Gasteiger partial charge in [-0.2, -0.15) is 5.10 Å². The third kappa shape index (κ3) is 5.78. The maximum Gasteiger partial charge on any atom is 0.187 e. The largest absolute Gasteiger partial charge is 0.455 e. The van der Waals surface area contributed by atoms with E-state index in [0.717, 1.165) is 15.8 Å². The number of halogens is 1. The molecule has 0 aliphatic heterocycles. The lowest BCUT2D eigenvalue weighted by Gasteiger charge is -2.13. The second kappa shape index (κ2) is 8.81. The van der Waals surface area contributed by atoms with Crippen LogP contribution >= 0.6 is 28.1 Å². The summed E-state index contributed by atoms with van der Waals surface area (Å²) in [6, 6.07) is 11.8. The fourth-order valence-electron chi connectivity index (χ4n) is 1.89. The Hall–Kier alpha value is -1.70. The van der Waals surface area contributed by atoms with Crippen molar-refractivity contribution in [2.24, 2.45) is 5.10 Å². The molecule has 1 aromatic heterocycles. The highest BCUT2D eigenvalue weighted by Gasteiger charge is 2.04. The number of nitrogens with zero attached hydrogens (tertiary/aromatic N) is 1. The number of hydrazone groups is 1. The molecule has 23 heavy (non-hydrogen) atoms. The average Bonchev–Trinajstić information content (AvgIpc) is 2.97. The van der Waals surface area contributed by atoms with E-state index in [4.69, 9.17) is 21.4 Å². The van der Waals surface area contributed by atoms with E-state index in [0.29, 0.717) is 17.5 Å². The summed E-state index contributed by atoms with van der Waals surface area (Å²) in [5.41, 5.74) is 3.75. The molecule has 0 saturated heterocycles. The maximum absolute atomic E-state index is 5.72. The number of hydrogen-bond acceptors (Lipinski definition) is 4. The number of rotatable bonds is 6. The van der Waals surface area contributed by atoms with Crippen molar-refractivity contribution in [3.63, 3.8) is 0 Å². The van der Waals surface area contributed by atoms with Crippen molar-refractivity contribution in [2.75, 3.05) is 13.7 Å². The minimum atomic E-state index is 0.114. The summed E-state index contributed by atoms with van der Waals surface area (Å²) in [6.07, 6.45) is 1.58. The van der Waals surface area contributed by atoms with Crippen molar-refractivity contribution in [3.8, 4) is 11.3 Å². The van der Waals surface area contributed by atoms with E-state index in [1.165, 1.54) is 0 Å². The van der Waals surface area contributed by atoms with Crippen LogP contribution in [0.1, 0.15) is 12.7 Å². The molecule has 0 saturated carbocycles. The molecular formula is C16H18BrN3O2S. The molecule has 1 aromatic carbocycles. The fourth-order valence-corrected chi connectivity index (χ4v) is 2.41. The molecule has 0 radical (unpaired) electrons. The van der Waals surface area contributed by atoms with Gasteiger partial charge in [-0.1, -0.05) is 28.1 Å². The van der Waals surface area contributed by atoms with Gasteiger partial charge in [-0.15, -0.1) is 0 Å². The minimum Gasteiger partial charge on any atom is -0.455 e. The molecule has 1 atom stereocenters. The summed E-state index contributed by atoms with van der Waals surface area (Å²) in [7, 11) is 1.65. The molecule has 7 heteroatoms. The van der Waals surface area contributed by atoms with Crippen LogP contribution in [0.4, 0.5) is 0 Å². The molecule has 2 aromatic rings. The Kier molecular flexibility index (Phi) is 6.76. The summed E-state index contributed by atoms with van der Waals surface area (Å²) in [6.45, 7) is 2.54. The molecule has 5 nitrogen and oxygen atoms in total. The first-order chi connectivity index (χ1) is 11.1. The van der Waals surface area contributed by atoms with Crippen molar-refractivity contribution >= 4 is 39.5 Å². The molecule has 0 unspecified atom stereocenters. The van der Waals surface area contributed by atoms with Crippen molar-refractivity contribution in [1.29, 1.82) is 0 Å². The van der Waals surface area contributed by atoms with E-state index in [2.05, 4.69) is 31.8 Å². The number of hydrogen-bond donors (Lipinski definition) is 2. The van der Waals surface area contributed by atoms with Gasteiger partial charge in [0.2, 0.25) is 0 Å². The fraction of sp³-hybridized carbons (Fsp3) is 0.250. The Morgan fingerprint density at radius 2 is 2.09 bits per heavy atom. The van der Waals surface area contributed by atoms with Crippen LogP contribution in [0.3, 0.4) is 0 Å². The van der Waals surface area contributed by atoms with E-state index >= 15 is 0 Å². The van der Waals surface area contributed by atoms with E-state index in [1.807, 2.05) is 43.3 Å². The summed E-state index contributed by atoms with van der Waals surface area (Å²) in [5.74, 6) is 1.43. The first-order valence-electron chi connectivity index (χ1n) is 7.03. The zero-order valence-corrected chi connectivity index (χ0v) is 15.3. The van der Waals surface area contributed by atoms with Crippen molar-refractivity contribution < 1.29 is 9.15 Å². The smallest absolute Gasteiger partial charge is 0.187 e. The number of ether oxygens (including phenoxy) is 1. The van der Waals surface area contributed by atoms with Gasteiger partial charge in [-0.3, -0.25) is 5.43 Å². The van der Waals surface area contributed by atoms with Crippen LogP contribution in [0, 0.1) is 0 Å². The Balaban J connectivity index is 1.89. The topological polar surface area (TPSA) is 58.8 Å². The predicted octanol–water partition coefficient (Wildman–Crippen LogP) is 3.54. The quantitative estimate of drug-likeness (QED) is 0.444. The van der Waals surface area contributed by atoms with Gasteiger partial charge in [-0.25, -0.2) is 0 Å². The first-order valence-corrected chi connectivity index (χ1v) is 8.23. The van der Waals surface area contributed by atoms with Crippen LogP contribution in [0.5, 0.6) is 0 Å². The number of furan rings is 1. The van der Waals surface area contributed by atoms with Gasteiger partial charge in [-0.05, 0) is 43.4 Å². The zero-order chi connectivity index (χ0) is 16.7. The van der Waals surface area contributed by atoms with Crippen LogP contribution < -0.4 is 10.7 Å². The standard InChI is InChI=1S/C16H18BrN3O2S/c1-11(10-21-2)19-16(23)20-18-9-14-7-8-15(22-14)12-3-5-13(17)6-4-12/h3-9,11H,10H2,1-2H3,(H2,19,20,23)/b18-9-/t11-/m1/s1. The van der Waals surface area contributed by atoms with Crippen LogP contribution in [0.2, 0.25) is 0 Å². The highest BCUT2D eigenvalue weighted by Crippen LogP contribution is 2.23. The van der Waals surface area contributed by atoms with Crippen molar-refractivity contribution in [3.05, 3.63) is 46.6 Å². The van der Waals surface area contributed by atoms with Crippen molar-refractivity contribution in [2.45, 2.75) is 13.0 Å². The first kappa shape index (κ1) is 17.7. The third-order valence-corrected chi connectivity index (χ3v) is 3.65. The SMILES string of the molecule is COC[C@@H](C)NC(=S)N/N=C\c1ccc(-c2ccc(Br)cc2)o1. The molecule has 0 aliphatic rings. The molecule has 0 fully saturated rings.